The Morgan fingerprint density at radius 1 is 1.13 bits per heavy atom. The molecule has 0 bridgehead atoms. The summed E-state index contributed by atoms with van der Waals surface area (Å²) in [5.74, 6) is 0.786. The number of fused-ring (bicyclic) bond motifs is 1. The van der Waals surface area contributed by atoms with Crippen molar-refractivity contribution in [3.05, 3.63) is 69.5 Å². The number of aromatic amines is 1. The Kier molecular flexibility index (Phi) is 4.06. The van der Waals surface area contributed by atoms with Crippen LogP contribution < -0.4 is 15.6 Å². The van der Waals surface area contributed by atoms with Gasteiger partial charge in [-0.25, -0.2) is 0 Å². The molecule has 4 heteroatoms. The molecule has 3 rings (SSSR count). The summed E-state index contributed by atoms with van der Waals surface area (Å²) in [7, 11) is 1.64. The van der Waals surface area contributed by atoms with Crippen LogP contribution in [0, 0.1) is 13.8 Å². The van der Waals surface area contributed by atoms with E-state index in [1.165, 1.54) is 5.56 Å². The quantitative estimate of drug-likeness (QED) is 0.771. The van der Waals surface area contributed by atoms with E-state index in [4.69, 9.17) is 4.74 Å². The molecule has 23 heavy (non-hydrogen) atoms. The molecule has 2 aromatic carbocycles. The molecule has 1 aromatic heterocycles. The van der Waals surface area contributed by atoms with Gasteiger partial charge in [-0.05, 0) is 48.6 Å². The molecule has 2 N–H and O–H groups in total. The molecule has 0 saturated heterocycles. The van der Waals surface area contributed by atoms with Crippen molar-refractivity contribution < 1.29 is 4.74 Å². The molecule has 1 heterocycles. The number of benzene rings is 2. The Labute approximate surface area is 135 Å². The van der Waals surface area contributed by atoms with Gasteiger partial charge in [0.15, 0.2) is 0 Å². The Morgan fingerprint density at radius 3 is 2.74 bits per heavy atom. The van der Waals surface area contributed by atoms with Crippen molar-refractivity contribution in [3.8, 4) is 5.75 Å². The fourth-order valence-corrected chi connectivity index (χ4v) is 2.63. The lowest BCUT2D eigenvalue weighted by atomic mass is 10.0. The Bertz CT molecular complexity index is 913. The normalized spacial score (nSPS) is 10.7. The van der Waals surface area contributed by atoms with Crippen LogP contribution >= 0.6 is 0 Å². The number of rotatable bonds is 4. The summed E-state index contributed by atoms with van der Waals surface area (Å²) in [6.45, 7) is 4.54. The smallest absolute Gasteiger partial charge is 0.253 e. The van der Waals surface area contributed by atoms with Gasteiger partial charge in [-0.3, -0.25) is 4.79 Å². The van der Waals surface area contributed by atoms with Crippen molar-refractivity contribution >= 4 is 16.6 Å². The highest BCUT2D eigenvalue weighted by molar-refractivity contribution is 5.83. The third kappa shape index (κ3) is 3.06. The summed E-state index contributed by atoms with van der Waals surface area (Å²) in [6, 6.07) is 13.7. The molecule has 3 aromatic rings. The number of pyridine rings is 1. The minimum atomic E-state index is -0.0541. The zero-order valence-electron chi connectivity index (χ0n) is 13.6. The molecule has 0 fully saturated rings. The van der Waals surface area contributed by atoms with E-state index in [1.807, 2.05) is 50.2 Å². The molecule has 0 unspecified atom stereocenters. The molecular weight excluding hydrogens is 288 g/mol. The van der Waals surface area contributed by atoms with Gasteiger partial charge in [0.1, 0.15) is 5.75 Å². The van der Waals surface area contributed by atoms with Crippen LogP contribution in [0.3, 0.4) is 0 Å². The first kappa shape index (κ1) is 15.2. The highest BCUT2D eigenvalue weighted by Crippen LogP contribution is 2.20. The van der Waals surface area contributed by atoms with Crippen LogP contribution in [0.5, 0.6) is 5.75 Å². The van der Waals surface area contributed by atoms with Crippen LogP contribution in [0.1, 0.15) is 16.7 Å². The van der Waals surface area contributed by atoms with E-state index in [-0.39, 0.29) is 5.56 Å². The number of hydrogen-bond acceptors (Lipinski definition) is 3. The van der Waals surface area contributed by atoms with Crippen molar-refractivity contribution in [2.24, 2.45) is 0 Å². The first-order valence-corrected chi connectivity index (χ1v) is 7.58. The molecule has 0 aliphatic carbocycles. The first-order chi connectivity index (χ1) is 11.1. The van der Waals surface area contributed by atoms with Gasteiger partial charge in [-0.1, -0.05) is 18.2 Å². The lowest BCUT2D eigenvalue weighted by molar-refractivity contribution is 0.415. The van der Waals surface area contributed by atoms with E-state index >= 15 is 0 Å². The molecule has 0 amide bonds. The number of nitrogens with one attached hydrogen (secondary N) is 2. The maximum atomic E-state index is 12.3. The van der Waals surface area contributed by atoms with Crippen molar-refractivity contribution in [3.63, 3.8) is 0 Å². The Hall–Kier alpha value is -2.75. The number of aryl methyl sites for hydroxylation is 2. The Balaban J connectivity index is 1.90. The fraction of sp³-hybridized carbons (Fsp3) is 0.211. The number of aromatic nitrogens is 1. The van der Waals surface area contributed by atoms with Gasteiger partial charge in [-0.15, -0.1) is 0 Å². The second kappa shape index (κ2) is 6.16. The predicted molar refractivity (Wildman–Crippen MR) is 94.4 cm³/mol. The lowest BCUT2D eigenvalue weighted by Crippen LogP contribution is -2.16. The molecule has 0 aliphatic rings. The monoisotopic (exact) mass is 308 g/mol. The van der Waals surface area contributed by atoms with Gasteiger partial charge < -0.3 is 15.0 Å². The summed E-state index contributed by atoms with van der Waals surface area (Å²) >= 11 is 0. The average molecular weight is 308 g/mol. The largest absolute Gasteiger partial charge is 0.497 e. The fourth-order valence-electron chi connectivity index (χ4n) is 2.63. The standard InChI is InChI=1S/C19H20N2O2/c1-12-7-8-14-9-15(19(22)21-18(14)13(12)2)11-20-16-5-4-6-17(10-16)23-3/h4-10,20H,11H2,1-3H3,(H,21,22). The highest BCUT2D eigenvalue weighted by atomic mass is 16.5. The molecule has 4 nitrogen and oxygen atoms in total. The molecule has 0 saturated carbocycles. The van der Waals surface area contributed by atoms with Crippen molar-refractivity contribution in [1.29, 1.82) is 0 Å². The van der Waals surface area contributed by atoms with Crippen LogP contribution in [0.4, 0.5) is 5.69 Å². The lowest BCUT2D eigenvalue weighted by Gasteiger charge is -2.10. The van der Waals surface area contributed by atoms with Gasteiger partial charge in [0.2, 0.25) is 0 Å². The third-order valence-corrected chi connectivity index (χ3v) is 4.18. The van der Waals surface area contributed by atoms with Gasteiger partial charge in [-0.2, -0.15) is 0 Å². The summed E-state index contributed by atoms with van der Waals surface area (Å²) in [5, 5.41) is 4.32. The van der Waals surface area contributed by atoms with E-state index in [0.29, 0.717) is 12.1 Å². The van der Waals surface area contributed by atoms with E-state index in [1.54, 1.807) is 7.11 Å². The second-order valence-corrected chi connectivity index (χ2v) is 5.68. The summed E-state index contributed by atoms with van der Waals surface area (Å²) < 4.78 is 5.20. The number of hydrogen-bond donors (Lipinski definition) is 2. The summed E-state index contributed by atoms with van der Waals surface area (Å²) in [4.78, 5) is 15.3. The predicted octanol–water partition coefficient (Wildman–Crippen LogP) is 3.77. The SMILES string of the molecule is COc1cccc(NCc2cc3ccc(C)c(C)c3[nH]c2=O)c1. The van der Waals surface area contributed by atoms with Crippen molar-refractivity contribution in [1.82, 2.24) is 4.98 Å². The van der Waals surface area contributed by atoms with Gasteiger partial charge >= 0.3 is 0 Å². The van der Waals surface area contributed by atoms with Crippen molar-refractivity contribution in [2.75, 3.05) is 12.4 Å². The number of ether oxygens (including phenoxy) is 1. The van der Waals surface area contributed by atoms with Gasteiger partial charge in [0.05, 0.1) is 12.6 Å². The molecular formula is C19H20N2O2. The molecule has 0 aliphatic heterocycles. The topological polar surface area (TPSA) is 54.1 Å². The van der Waals surface area contributed by atoms with E-state index in [2.05, 4.69) is 16.4 Å². The number of anilines is 1. The number of methoxy groups -OCH3 is 1. The van der Waals surface area contributed by atoms with Crippen LogP contribution in [-0.2, 0) is 6.54 Å². The van der Waals surface area contributed by atoms with E-state index < -0.39 is 0 Å². The summed E-state index contributed by atoms with van der Waals surface area (Å²) in [6.07, 6.45) is 0. The van der Waals surface area contributed by atoms with Crippen LogP contribution in [-0.4, -0.2) is 12.1 Å². The van der Waals surface area contributed by atoms with Gasteiger partial charge in [0.25, 0.3) is 5.56 Å². The van der Waals surface area contributed by atoms with Crippen molar-refractivity contribution in [2.45, 2.75) is 20.4 Å². The third-order valence-electron chi connectivity index (χ3n) is 4.18. The van der Waals surface area contributed by atoms with Crippen LogP contribution in [0.15, 0.2) is 47.3 Å². The highest BCUT2D eigenvalue weighted by Gasteiger charge is 2.06. The molecule has 0 atom stereocenters. The molecule has 0 spiro atoms. The molecule has 118 valence electrons. The zero-order chi connectivity index (χ0) is 16.4. The van der Waals surface area contributed by atoms with E-state index in [0.717, 1.165) is 27.9 Å². The van der Waals surface area contributed by atoms with Crippen LogP contribution in [0.2, 0.25) is 0 Å². The first-order valence-electron chi connectivity index (χ1n) is 7.58. The summed E-state index contributed by atoms with van der Waals surface area (Å²) in [5.41, 5.74) is 4.79. The minimum absolute atomic E-state index is 0.0541. The van der Waals surface area contributed by atoms with Crippen LogP contribution in [0.25, 0.3) is 10.9 Å². The molecule has 0 radical (unpaired) electrons. The average Bonchev–Trinajstić information content (AvgIpc) is 2.57. The van der Waals surface area contributed by atoms with Gasteiger partial charge in [0, 0.05) is 23.9 Å². The van der Waals surface area contributed by atoms with E-state index in [9.17, 15) is 4.79 Å². The Morgan fingerprint density at radius 2 is 1.96 bits per heavy atom. The maximum absolute atomic E-state index is 12.3. The number of H-pyrrole nitrogens is 1. The zero-order valence-corrected chi connectivity index (χ0v) is 13.6. The second-order valence-electron chi connectivity index (χ2n) is 5.68. The maximum Gasteiger partial charge on any atom is 0.253 e. The minimum Gasteiger partial charge on any atom is -0.497 e.